The molecule has 0 bridgehead atoms. The molecule has 2 rings (SSSR count). The van der Waals surface area contributed by atoms with Crippen LogP contribution in [0, 0.1) is 11.6 Å². The van der Waals surface area contributed by atoms with E-state index in [0.29, 0.717) is 5.02 Å². The van der Waals surface area contributed by atoms with E-state index in [9.17, 15) is 13.6 Å². The molecule has 0 aromatic heterocycles. The summed E-state index contributed by atoms with van der Waals surface area (Å²) in [4.78, 5) is 12.0. The Hall–Kier alpha value is -1.45. The van der Waals surface area contributed by atoms with Crippen LogP contribution in [0.1, 0.15) is 15.9 Å². The third kappa shape index (κ3) is 3.52. The van der Waals surface area contributed by atoms with Gasteiger partial charge in [-0.2, -0.15) is 0 Å². The number of hydrogen-bond acceptors (Lipinski definition) is 1. The fourth-order valence-corrected chi connectivity index (χ4v) is 2.10. The summed E-state index contributed by atoms with van der Waals surface area (Å²) in [6.45, 7) is 0. The number of ketones is 1. The van der Waals surface area contributed by atoms with Crippen LogP contribution in [0.15, 0.2) is 36.4 Å². The van der Waals surface area contributed by atoms with Crippen LogP contribution in [-0.2, 0) is 6.42 Å². The van der Waals surface area contributed by atoms with Crippen LogP contribution in [-0.4, -0.2) is 5.78 Å². The SMILES string of the molecule is O=C(Cc1cc(F)cc(F)c1)c1cc(Cl)ccc1Cl. The third-order valence-corrected chi connectivity index (χ3v) is 3.08. The predicted molar refractivity (Wildman–Crippen MR) is 70.9 cm³/mol. The van der Waals surface area contributed by atoms with Crippen molar-refractivity contribution in [2.45, 2.75) is 6.42 Å². The number of Topliss-reactive ketones (excluding diaryl/α,β-unsaturated/α-hetero) is 1. The lowest BCUT2D eigenvalue weighted by Crippen LogP contribution is -2.05. The molecule has 0 amide bonds. The van der Waals surface area contributed by atoms with Crippen molar-refractivity contribution in [3.63, 3.8) is 0 Å². The first-order chi connectivity index (χ1) is 8.95. The fraction of sp³-hybridized carbons (Fsp3) is 0.0714. The van der Waals surface area contributed by atoms with Gasteiger partial charge in [-0.1, -0.05) is 23.2 Å². The van der Waals surface area contributed by atoms with Crippen LogP contribution in [0.3, 0.4) is 0 Å². The average molecular weight is 301 g/mol. The minimum absolute atomic E-state index is 0.144. The Balaban J connectivity index is 2.28. The highest BCUT2D eigenvalue weighted by atomic mass is 35.5. The van der Waals surface area contributed by atoms with Gasteiger partial charge in [0.1, 0.15) is 11.6 Å². The molecule has 0 N–H and O–H groups in total. The van der Waals surface area contributed by atoms with Crippen molar-refractivity contribution in [2.75, 3.05) is 0 Å². The first-order valence-electron chi connectivity index (χ1n) is 5.39. The van der Waals surface area contributed by atoms with E-state index in [1.54, 1.807) is 6.07 Å². The molecule has 0 aliphatic rings. The van der Waals surface area contributed by atoms with Crippen LogP contribution in [0.25, 0.3) is 0 Å². The summed E-state index contributed by atoms with van der Waals surface area (Å²) >= 11 is 11.7. The highest BCUT2D eigenvalue weighted by molar-refractivity contribution is 6.35. The first-order valence-corrected chi connectivity index (χ1v) is 6.14. The Morgan fingerprint density at radius 1 is 1.00 bits per heavy atom. The van der Waals surface area contributed by atoms with Gasteiger partial charge in [-0.25, -0.2) is 8.78 Å². The molecule has 0 radical (unpaired) electrons. The number of halogens is 4. The summed E-state index contributed by atoms with van der Waals surface area (Å²) in [7, 11) is 0. The van der Waals surface area contributed by atoms with Gasteiger partial charge in [0, 0.05) is 23.1 Å². The number of rotatable bonds is 3. The lowest BCUT2D eigenvalue weighted by atomic mass is 10.0. The van der Waals surface area contributed by atoms with Gasteiger partial charge < -0.3 is 0 Å². The Kier molecular flexibility index (Phi) is 4.17. The zero-order valence-electron chi connectivity index (χ0n) is 9.59. The van der Waals surface area contributed by atoms with E-state index in [4.69, 9.17) is 23.2 Å². The summed E-state index contributed by atoms with van der Waals surface area (Å²) in [5.41, 5.74) is 0.484. The summed E-state index contributed by atoms with van der Waals surface area (Å²) in [6, 6.07) is 7.47. The molecule has 0 spiro atoms. The Labute approximate surface area is 118 Å². The van der Waals surface area contributed by atoms with Gasteiger partial charge in [0.05, 0.1) is 5.02 Å². The molecule has 0 saturated carbocycles. The maximum Gasteiger partial charge on any atom is 0.168 e. The van der Waals surface area contributed by atoms with Crippen molar-refractivity contribution in [3.05, 3.63) is 69.2 Å². The van der Waals surface area contributed by atoms with Gasteiger partial charge in [0.25, 0.3) is 0 Å². The monoisotopic (exact) mass is 300 g/mol. The third-order valence-electron chi connectivity index (χ3n) is 2.52. The second kappa shape index (κ2) is 5.68. The van der Waals surface area contributed by atoms with E-state index in [1.165, 1.54) is 12.1 Å². The quantitative estimate of drug-likeness (QED) is 0.751. The predicted octanol–water partition coefficient (Wildman–Crippen LogP) is 4.70. The standard InChI is InChI=1S/C14H8Cl2F2O/c15-9-1-2-13(16)12(6-9)14(19)5-8-3-10(17)7-11(18)4-8/h1-4,6-7H,5H2. The van der Waals surface area contributed by atoms with Gasteiger partial charge in [-0.05, 0) is 35.9 Å². The smallest absolute Gasteiger partial charge is 0.168 e. The van der Waals surface area contributed by atoms with E-state index >= 15 is 0 Å². The lowest BCUT2D eigenvalue weighted by Gasteiger charge is -2.05. The van der Waals surface area contributed by atoms with Crippen LogP contribution in [0.5, 0.6) is 0 Å². The van der Waals surface area contributed by atoms with Crippen LogP contribution in [0.4, 0.5) is 8.78 Å². The summed E-state index contributed by atoms with van der Waals surface area (Å²) in [5.74, 6) is -1.79. The summed E-state index contributed by atoms with van der Waals surface area (Å²) in [5, 5.41) is 0.629. The molecule has 2 aromatic rings. The van der Waals surface area contributed by atoms with E-state index in [0.717, 1.165) is 18.2 Å². The maximum atomic E-state index is 13.0. The molecule has 0 aliphatic carbocycles. The normalized spacial score (nSPS) is 10.5. The molecule has 0 aliphatic heterocycles. The van der Waals surface area contributed by atoms with Crippen LogP contribution >= 0.6 is 23.2 Å². The van der Waals surface area contributed by atoms with Crippen molar-refractivity contribution < 1.29 is 13.6 Å². The van der Waals surface area contributed by atoms with Gasteiger partial charge in [-0.15, -0.1) is 0 Å². The second-order valence-electron chi connectivity index (χ2n) is 4.00. The van der Waals surface area contributed by atoms with Crippen molar-refractivity contribution >= 4 is 29.0 Å². The molecule has 98 valence electrons. The minimum Gasteiger partial charge on any atom is -0.294 e. The number of carbonyl (C=O) groups is 1. The second-order valence-corrected chi connectivity index (χ2v) is 4.85. The average Bonchev–Trinajstić information content (AvgIpc) is 2.30. The first kappa shape index (κ1) is 14.0. The van der Waals surface area contributed by atoms with Gasteiger partial charge >= 0.3 is 0 Å². The molecule has 0 heterocycles. The van der Waals surface area contributed by atoms with E-state index in [1.807, 2.05) is 0 Å². The molecule has 19 heavy (non-hydrogen) atoms. The fourth-order valence-electron chi connectivity index (χ4n) is 1.70. The summed E-state index contributed by atoms with van der Waals surface area (Å²) in [6.07, 6.45) is -0.144. The van der Waals surface area contributed by atoms with Crippen molar-refractivity contribution in [1.82, 2.24) is 0 Å². The van der Waals surface area contributed by atoms with Crippen molar-refractivity contribution in [3.8, 4) is 0 Å². The molecule has 0 fully saturated rings. The van der Waals surface area contributed by atoms with Gasteiger partial charge in [0.2, 0.25) is 0 Å². The highest BCUT2D eigenvalue weighted by Gasteiger charge is 2.13. The maximum absolute atomic E-state index is 13.0. The highest BCUT2D eigenvalue weighted by Crippen LogP contribution is 2.22. The van der Waals surface area contributed by atoms with Crippen LogP contribution in [0.2, 0.25) is 10.0 Å². The molecule has 0 unspecified atom stereocenters. The molecule has 0 atom stereocenters. The van der Waals surface area contributed by atoms with E-state index in [-0.39, 0.29) is 28.4 Å². The lowest BCUT2D eigenvalue weighted by molar-refractivity contribution is 0.0993. The largest absolute Gasteiger partial charge is 0.294 e. The Bertz CT molecular complexity index is 621. The Morgan fingerprint density at radius 2 is 1.63 bits per heavy atom. The minimum atomic E-state index is -0.722. The Morgan fingerprint density at radius 3 is 2.26 bits per heavy atom. The van der Waals surface area contributed by atoms with Crippen LogP contribution < -0.4 is 0 Å². The zero-order valence-corrected chi connectivity index (χ0v) is 11.1. The van der Waals surface area contributed by atoms with Gasteiger partial charge in [-0.3, -0.25) is 4.79 Å². The molecule has 0 saturated heterocycles. The molecule has 2 aromatic carbocycles. The van der Waals surface area contributed by atoms with E-state index in [2.05, 4.69) is 0 Å². The topological polar surface area (TPSA) is 17.1 Å². The van der Waals surface area contributed by atoms with Gasteiger partial charge in [0.15, 0.2) is 5.78 Å². The number of hydrogen-bond donors (Lipinski definition) is 0. The van der Waals surface area contributed by atoms with E-state index < -0.39 is 11.6 Å². The molecule has 1 nitrogen and oxygen atoms in total. The molecular weight excluding hydrogens is 293 g/mol. The zero-order chi connectivity index (χ0) is 14.0. The molecule has 5 heteroatoms. The van der Waals surface area contributed by atoms with Crippen molar-refractivity contribution in [1.29, 1.82) is 0 Å². The number of carbonyl (C=O) groups excluding carboxylic acids is 1. The number of benzene rings is 2. The summed E-state index contributed by atoms with van der Waals surface area (Å²) < 4.78 is 26.1. The van der Waals surface area contributed by atoms with Crippen molar-refractivity contribution in [2.24, 2.45) is 0 Å². The molecular formula is C14H8Cl2F2O.